The van der Waals surface area contributed by atoms with Crippen LogP contribution >= 0.6 is 0 Å². The SMILES string of the molecule is Cc1ccc(CNC(=O)c2cccc(C(=O)N3CCCC3)c2)cc1. The summed E-state index contributed by atoms with van der Waals surface area (Å²) >= 11 is 0. The molecule has 1 saturated heterocycles. The molecular formula is C20H22N2O2. The molecule has 124 valence electrons. The Kier molecular flexibility index (Phi) is 4.94. The molecule has 0 aromatic heterocycles. The lowest BCUT2D eigenvalue weighted by atomic mass is 10.1. The van der Waals surface area contributed by atoms with Gasteiger partial charge in [0, 0.05) is 30.8 Å². The van der Waals surface area contributed by atoms with Crippen LogP contribution in [0.5, 0.6) is 0 Å². The van der Waals surface area contributed by atoms with Crippen molar-refractivity contribution >= 4 is 11.8 Å². The van der Waals surface area contributed by atoms with E-state index in [1.54, 1.807) is 24.3 Å². The second-order valence-corrected chi connectivity index (χ2v) is 6.25. The van der Waals surface area contributed by atoms with Gasteiger partial charge in [-0.05, 0) is 43.5 Å². The molecule has 2 amide bonds. The molecule has 0 bridgehead atoms. The van der Waals surface area contributed by atoms with Crippen molar-refractivity contribution in [1.29, 1.82) is 0 Å². The molecule has 1 heterocycles. The third-order valence-corrected chi connectivity index (χ3v) is 4.34. The first kappa shape index (κ1) is 16.2. The third-order valence-electron chi connectivity index (χ3n) is 4.34. The molecule has 2 aromatic carbocycles. The molecule has 24 heavy (non-hydrogen) atoms. The summed E-state index contributed by atoms with van der Waals surface area (Å²) in [4.78, 5) is 26.6. The van der Waals surface area contributed by atoms with Crippen molar-refractivity contribution in [3.8, 4) is 0 Å². The number of nitrogens with zero attached hydrogens (tertiary/aromatic N) is 1. The summed E-state index contributed by atoms with van der Waals surface area (Å²) in [5.74, 6) is -0.146. The van der Waals surface area contributed by atoms with Crippen molar-refractivity contribution in [2.24, 2.45) is 0 Å². The molecule has 0 saturated carbocycles. The molecule has 0 radical (unpaired) electrons. The minimum Gasteiger partial charge on any atom is -0.348 e. The lowest BCUT2D eigenvalue weighted by molar-refractivity contribution is 0.0793. The number of carbonyl (C=O) groups is 2. The molecule has 2 aromatic rings. The minimum absolute atomic E-state index is 0.0145. The van der Waals surface area contributed by atoms with Gasteiger partial charge in [0.1, 0.15) is 0 Å². The zero-order chi connectivity index (χ0) is 16.9. The van der Waals surface area contributed by atoms with Crippen LogP contribution in [0.15, 0.2) is 48.5 Å². The highest BCUT2D eigenvalue weighted by atomic mass is 16.2. The van der Waals surface area contributed by atoms with E-state index in [0.717, 1.165) is 31.5 Å². The van der Waals surface area contributed by atoms with Gasteiger partial charge in [-0.3, -0.25) is 9.59 Å². The normalized spacial score (nSPS) is 13.8. The molecule has 1 aliphatic rings. The number of nitrogens with one attached hydrogen (secondary N) is 1. The molecule has 0 unspecified atom stereocenters. The molecule has 4 heteroatoms. The zero-order valence-electron chi connectivity index (χ0n) is 13.9. The summed E-state index contributed by atoms with van der Waals surface area (Å²) in [7, 11) is 0. The highest BCUT2D eigenvalue weighted by Crippen LogP contribution is 2.14. The maximum atomic E-state index is 12.4. The molecule has 0 spiro atoms. The molecule has 1 fully saturated rings. The van der Waals surface area contributed by atoms with Gasteiger partial charge in [-0.2, -0.15) is 0 Å². The molecular weight excluding hydrogens is 300 g/mol. The van der Waals surface area contributed by atoms with Crippen molar-refractivity contribution < 1.29 is 9.59 Å². The predicted molar refractivity (Wildman–Crippen MR) is 93.9 cm³/mol. The van der Waals surface area contributed by atoms with Crippen molar-refractivity contribution in [3.63, 3.8) is 0 Å². The number of rotatable bonds is 4. The molecule has 0 atom stereocenters. The van der Waals surface area contributed by atoms with Gasteiger partial charge in [-0.15, -0.1) is 0 Å². The van der Waals surface area contributed by atoms with E-state index in [4.69, 9.17) is 0 Å². The second kappa shape index (κ2) is 7.30. The Labute approximate surface area is 142 Å². The van der Waals surface area contributed by atoms with Gasteiger partial charge in [0.15, 0.2) is 0 Å². The Morgan fingerprint density at radius 3 is 2.38 bits per heavy atom. The van der Waals surface area contributed by atoms with Crippen LogP contribution in [0.3, 0.4) is 0 Å². The van der Waals surface area contributed by atoms with E-state index in [1.165, 1.54) is 5.56 Å². The first-order valence-corrected chi connectivity index (χ1v) is 8.36. The Morgan fingerprint density at radius 1 is 1.00 bits per heavy atom. The van der Waals surface area contributed by atoms with Crippen LogP contribution < -0.4 is 5.32 Å². The number of likely N-dealkylation sites (tertiary alicyclic amines) is 1. The fourth-order valence-corrected chi connectivity index (χ4v) is 2.89. The van der Waals surface area contributed by atoms with Gasteiger partial charge in [-0.25, -0.2) is 0 Å². The largest absolute Gasteiger partial charge is 0.348 e. The van der Waals surface area contributed by atoms with E-state index < -0.39 is 0 Å². The number of amides is 2. The Bertz CT molecular complexity index is 732. The third kappa shape index (κ3) is 3.82. The van der Waals surface area contributed by atoms with Crippen LogP contribution in [0.4, 0.5) is 0 Å². The Balaban J connectivity index is 1.65. The standard InChI is InChI=1S/C20H22N2O2/c1-15-7-9-16(10-8-15)14-21-19(23)17-5-4-6-18(13-17)20(24)22-11-2-3-12-22/h4-10,13H,2-3,11-12,14H2,1H3,(H,21,23). The summed E-state index contributed by atoms with van der Waals surface area (Å²) in [6.45, 7) is 4.13. The monoisotopic (exact) mass is 322 g/mol. The van der Waals surface area contributed by atoms with E-state index in [1.807, 2.05) is 36.1 Å². The van der Waals surface area contributed by atoms with Crippen LogP contribution in [-0.2, 0) is 6.54 Å². The maximum absolute atomic E-state index is 12.4. The zero-order valence-corrected chi connectivity index (χ0v) is 13.9. The van der Waals surface area contributed by atoms with Crippen molar-refractivity contribution in [3.05, 3.63) is 70.8 Å². The lowest BCUT2D eigenvalue weighted by Gasteiger charge is -2.15. The molecule has 3 rings (SSSR count). The van der Waals surface area contributed by atoms with Gasteiger partial charge in [0.25, 0.3) is 11.8 Å². The van der Waals surface area contributed by atoms with Crippen LogP contribution in [0, 0.1) is 6.92 Å². The van der Waals surface area contributed by atoms with E-state index in [2.05, 4.69) is 5.32 Å². The van der Waals surface area contributed by atoms with Gasteiger partial charge in [-0.1, -0.05) is 35.9 Å². The van der Waals surface area contributed by atoms with E-state index >= 15 is 0 Å². The average molecular weight is 322 g/mol. The first-order valence-electron chi connectivity index (χ1n) is 8.36. The van der Waals surface area contributed by atoms with Crippen LogP contribution in [0.25, 0.3) is 0 Å². The highest BCUT2D eigenvalue weighted by molar-refractivity contribution is 5.99. The van der Waals surface area contributed by atoms with Crippen molar-refractivity contribution in [1.82, 2.24) is 10.2 Å². The highest BCUT2D eigenvalue weighted by Gasteiger charge is 2.20. The number of hydrogen-bond acceptors (Lipinski definition) is 2. The fraction of sp³-hybridized carbons (Fsp3) is 0.300. The topological polar surface area (TPSA) is 49.4 Å². The molecule has 4 nitrogen and oxygen atoms in total. The van der Waals surface area contributed by atoms with Crippen molar-refractivity contribution in [2.45, 2.75) is 26.3 Å². The first-order chi connectivity index (χ1) is 11.6. The maximum Gasteiger partial charge on any atom is 0.253 e. The van der Waals surface area contributed by atoms with Crippen LogP contribution in [-0.4, -0.2) is 29.8 Å². The number of aryl methyl sites for hydroxylation is 1. The van der Waals surface area contributed by atoms with E-state index in [9.17, 15) is 9.59 Å². The number of hydrogen-bond donors (Lipinski definition) is 1. The Hall–Kier alpha value is -2.62. The lowest BCUT2D eigenvalue weighted by Crippen LogP contribution is -2.28. The quantitative estimate of drug-likeness (QED) is 0.940. The summed E-state index contributed by atoms with van der Waals surface area (Å²) in [6, 6.07) is 15.0. The molecule has 1 N–H and O–H groups in total. The minimum atomic E-state index is -0.161. The second-order valence-electron chi connectivity index (χ2n) is 6.25. The van der Waals surface area contributed by atoms with Gasteiger partial charge < -0.3 is 10.2 Å². The Morgan fingerprint density at radius 2 is 1.67 bits per heavy atom. The van der Waals surface area contributed by atoms with Crippen LogP contribution in [0.2, 0.25) is 0 Å². The summed E-state index contributed by atoms with van der Waals surface area (Å²) in [5, 5.41) is 2.91. The molecule has 1 aliphatic heterocycles. The average Bonchev–Trinajstić information content (AvgIpc) is 3.15. The smallest absolute Gasteiger partial charge is 0.253 e. The van der Waals surface area contributed by atoms with Crippen LogP contribution in [0.1, 0.15) is 44.7 Å². The summed E-state index contributed by atoms with van der Waals surface area (Å²) < 4.78 is 0. The van der Waals surface area contributed by atoms with Gasteiger partial charge >= 0.3 is 0 Å². The van der Waals surface area contributed by atoms with Gasteiger partial charge in [0.05, 0.1) is 0 Å². The molecule has 0 aliphatic carbocycles. The predicted octanol–water partition coefficient (Wildman–Crippen LogP) is 3.16. The summed E-state index contributed by atoms with van der Waals surface area (Å²) in [5.41, 5.74) is 3.35. The van der Waals surface area contributed by atoms with Gasteiger partial charge in [0.2, 0.25) is 0 Å². The van der Waals surface area contributed by atoms with E-state index in [0.29, 0.717) is 17.7 Å². The number of benzene rings is 2. The van der Waals surface area contributed by atoms with Crippen molar-refractivity contribution in [2.75, 3.05) is 13.1 Å². The fourth-order valence-electron chi connectivity index (χ4n) is 2.89. The summed E-state index contributed by atoms with van der Waals surface area (Å²) in [6.07, 6.45) is 2.12. The van der Waals surface area contributed by atoms with E-state index in [-0.39, 0.29) is 11.8 Å². The number of carbonyl (C=O) groups excluding carboxylic acids is 2.